The van der Waals surface area contributed by atoms with Crippen LogP contribution in [0.15, 0.2) is 36.5 Å². The summed E-state index contributed by atoms with van der Waals surface area (Å²) in [6.45, 7) is 3.62. The van der Waals surface area contributed by atoms with Gasteiger partial charge in [-0.2, -0.15) is 0 Å². The Morgan fingerprint density at radius 1 is 1.29 bits per heavy atom. The maximum Gasteiger partial charge on any atom is 0.240 e. The molecule has 17 heavy (non-hydrogen) atoms. The van der Waals surface area contributed by atoms with Gasteiger partial charge in [0.25, 0.3) is 0 Å². The van der Waals surface area contributed by atoms with Crippen LogP contribution in [-0.4, -0.2) is 15.2 Å². The molecule has 0 aliphatic heterocycles. The van der Waals surface area contributed by atoms with Crippen molar-refractivity contribution in [2.45, 2.75) is 18.2 Å². The summed E-state index contributed by atoms with van der Waals surface area (Å²) < 4.78 is -0.586. The van der Waals surface area contributed by atoms with E-state index in [0.29, 0.717) is 0 Å². The molecule has 0 atom stereocenters. The topological polar surface area (TPSA) is 42.0 Å². The molecular formula is C13H13BrN2O. The van der Waals surface area contributed by atoms with Crippen LogP contribution in [0.25, 0.3) is 10.9 Å². The van der Waals surface area contributed by atoms with Gasteiger partial charge in [0.1, 0.15) is 0 Å². The first-order chi connectivity index (χ1) is 7.98. The number of carbonyl (C=O) groups is 1. The lowest BCUT2D eigenvalue weighted by atomic mass is 10.1. The number of pyridine rings is 1. The molecule has 0 aliphatic carbocycles. The van der Waals surface area contributed by atoms with E-state index in [1.165, 1.54) is 0 Å². The molecule has 0 saturated heterocycles. The van der Waals surface area contributed by atoms with Crippen LogP contribution in [0.2, 0.25) is 0 Å². The minimum Gasteiger partial charge on any atom is -0.324 e. The second-order valence-corrected chi connectivity index (χ2v) is 6.28. The number of halogens is 1. The van der Waals surface area contributed by atoms with E-state index in [1.54, 1.807) is 6.20 Å². The van der Waals surface area contributed by atoms with Crippen molar-refractivity contribution in [3.05, 3.63) is 36.5 Å². The Morgan fingerprint density at radius 2 is 2.06 bits per heavy atom. The second kappa shape index (κ2) is 4.45. The monoisotopic (exact) mass is 292 g/mol. The minimum absolute atomic E-state index is 0.0751. The van der Waals surface area contributed by atoms with E-state index in [0.717, 1.165) is 16.6 Å². The molecule has 0 fully saturated rings. The van der Waals surface area contributed by atoms with Crippen LogP contribution in [-0.2, 0) is 4.79 Å². The average molecular weight is 293 g/mol. The molecule has 1 amide bonds. The van der Waals surface area contributed by atoms with Crippen LogP contribution in [0.3, 0.4) is 0 Å². The average Bonchev–Trinajstić information content (AvgIpc) is 2.28. The summed E-state index contributed by atoms with van der Waals surface area (Å²) in [5.74, 6) is -0.0751. The normalized spacial score (nSPS) is 11.5. The van der Waals surface area contributed by atoms with Gasteiger partial charge < -0.3 is 5.32 Å². The molecule has 1 aromatic carbocycles. The number of nitrogens with one attached hydrogen (secondary N) is 1. The Morgan fingerprint density at radius 3 is 2.76 bits per heavy atom. The lowest BCUT2D eigenvalue weighted by molar-refractivity contribution is -0.117. The zero-order chi connectivity index (χ0) is 12.5. The highest BCUT2D eigenvalue weighted by atomic mass is 79.9. The minimum atomic E-state index is -0.586. The van der Waals surface area contributed by atoms with Crippen molar-refractivity contribution in [3.63, 3.8) is 0 Å². The van der Waals surface area contributed by atoms with Crippen molar-refractivity contribution in [2.75, 3.05) is 5.32 Å². The van der Waals surface area contributed by atoms with Crippen molar-refractivity contribution in [1.29, 1.82) is 0 Å². The van der Waals surface area contributed by atoms with Gasteiger partial charge in [0.05, 0.1) is 15.5 Å². The van der Waals surface area contributed by atoms with Crippen molar-refractivity contribution in [1.82, 2.24) is 4.98 Å². The van der Waals surface area contributed by atoms with Crippen LogP contribution in [0.1, 0.15) is 13.8 Å². The zero-order valence-corrected chi connectivity index (χ0v) is 11.3. The Balaban J connectivity index is 2.40. The molecule has 1 aromatic heterocycles. The maximum atomic E-state index is 11.9. The molecule has 4 heteroatoms. The molecular weight excluding hydrogens is 280 g/mol. The molecule has 0 unspecified atom stereocenters. The summed E-state index contributed by atoms with van der Waals surface area (Å²) in [5, 5.41) is 3.84. The first kappa shape index (κ1) is 12.0. The maximum absolute atomic E-state index is 11.9. The number of hydrogen-bond donors (Lipinski definition) is 1. The molecule has 1 N–H and O–H groups in total. The summed E-state index contributed by atoms with van der Waals surface area (Å²) in [6.07, 6.45) is 1.74. The third-order valence-electron chi connectivity index (χ3n) is 2.43. The first-order valence-electron chi connectivity index (χ1n) is 5.32. The summed E-state index contributed by atoms with van der Waals surface area (Å²) >= 11 is 3.34. The molecule has 88 valence electrons. The zero-order valence-electron chi connectivity index (χ0n) is 9.70. The summed E-state index contributed by atoms with van der Waals surface area (Å²) in [7, 11) is 0. The van der Waals surface area contributed by atoms with Gasteiger partial charge in [0, 0.05) is 11.6 Å². The predicted octanol–water partition coefficient (Wildman–Crippen LogP) is 3.35. The largest absolute Gasteiger partial charge is 0.324 e. The summed E-state index contributed by atoms with van der Waals surface area (Å²) in [5.41, 5.74) is 1.66. The number of nitrogens with zero attached hydrogens (tertiary/aromatic N) is 1. The van der Waals surface area contributed by atoms with Gasteiger partial charge in [-0.05, 0) is 38.1 Å². The Kier molecular flexibility index (Phi) is 3.15. The summed E-state index contributed by atoms with van der Waals surface area (Å²) in [6, 6.07) is 9.48. The number of rotatable bonds is 2. The van der Waals surface area contributed by atoms with Crippen LogP contribution in [0.4, 0.5) is 5.69 Å². The molecule has 2 rings (SSSR count). The van der Waals surface area contributed by atoms with Crippen molar-refractivity contribution < 1.29 is 4.79 Å². The summed E-state index contributed by atoms with van der Waals surface area (Å²) in [4.78, 5) is 16.1. The van der Waals surface area contributed by atoms with Gasteiger partial charge in [-0.3, -0.25) is 9.78 Å². The van der Waals surface area contributed by atoms with Crippen LogP contribution in [0, 0.1) is 0 Å². The van der Waals surface area contributed by atoms with Gasteiger partial charge in [0.2, 0.25) is 5.91 Å². The molecule has 0 saturated carbocycles. The highest BCUT2D eigenvalue weighted by Crippen LogP contribution is 2.24. The van der Waals surface area contributed by atoms with Gasteiger partial charge in [-0.15, -0.1) is 0 Å². The van der Waals surface area contributed by atoms with Gasteiger partial charge in [0.15, 0.2) is 0 Å². The molecule has 1 heterocycles. The molecule has 0 bridgehead atoms. The third-order valence-corrected chi connectivity index (χ3v) is 2.79. The fourth-order valence-corrected chi connectivity index (χ4v) is 1.58. The van der Waals surface area contributed by atoms with E-state index >= 15 is 0 Å². The second-order valence-electron chi connectivity index (χ2n) is 4.30. The fourth-order valence-electron chi connectivity index (χ4n) is 1.48. The molecule has 0 aliphatic rings. The van der Waals surface area contributed by atoms with Crippen molar-refractivity contribution >= 4 is 38.4 Å². The first-order valence-corrected chi connectivity index (χ1v) is 6.12. The SMILES string of the molecule is CC(C)(Br)C(=O)Nc1cccc2ncccc12. The highest BCUT2D eigenvalue weighted by molar-refractivity contribution is 9.10. The quantitative estimate of drug-likeness (QED) is 0.863. The lowest BCUT2D eigenvalue weighted by Gasteiger charge is -2.16. The van der Waals surface area contributed by atoms with Gasteiger partial charge in [-0.1, -0.05) is 22.0 Å². The van der Waals surface area contributed by atoms with E-state index in [2.05, 4.69) is 26.2 Å². The number of anilines is 1. The Bertz CT molecular complexity index is 555. The van der Waals surface area contributed by atoms with Crippen LogP contribution >= 0.6 is 15.9 Å². The number of benzene rings is 1. The Hall–Kier alpha value is -1.42. The Labute approximate surface area is 108 Å². The smallest absolute Gasteiger partial charge is 0.240 e. The molecule has 3 nitrogen and oxygen atoms in total. The van der Waals surface area contributed by atoms with Crippen LogP contribution < -0.4 is 5.32 Å². The van der Waals surface area contributed by atoms with E-state index < -0.39 is 4.32 Å². The molecule has 2 aromatic rings. The predicted molar refractivity (Wildman–Crippen MR) is 73.4 cm³/mol. The third kappa shape index (κ3) is 2.64. The van der Waals surface area contributed by atoms with Crippen molar-refractivity contribution in [2.24, 2.45) is 0 Å². The van der Waals surface area contributed by atoms with E-state index in [-0.39, 0.29) is 5.91 Å². The number of carbonyl (C=O) groups excluding carboxylic acids is 1. The number of amides is 1. The fraction of sp³-hybridized carbons (Fsp3) is 0.231. The van der Waals surface area contributed by atoms with E-state index in [9.17, 15) is 4.79 Å². The van der Waals surface area contributed by atoms with E-state index in [4.69, 9.17) is 0 Å². The molecule has 0 radical (unpaired) electrons. The van der Waals surface area contributed by atoms with Crippen LogP contribution in [0.5, 0.6) is 0 Å². The highest BCUT2D eigenvalue weighted by Gasteiger charge is 2.23. The van der Waals surface area contributed by atoms with Gasteiger partial charge in [-0.25, -0.2) is 0 Å². The number of fused-ring (bicyclic) bond motifs is 1. The number of hydrogen-bond acceptors (Lipinski definition) is 2. The number of aromatic nitrogens is 1. The lowest BCUT2D eigenvalue weighted by Crippen LogP contribution is -2.31. The van der Waals surface area contributed by atoms with Gasteiger partial charge >= 0.3 is 0 Å². The standard InChI is InChI=1S/C13H13BrN2O/c1-13(2,14)12(17)16-11-7-3-6-10-9(11)5-4-8-15-10/h3-8H,1-2H3,(H,16,17). The van der Waals surface area contributed by atoms with Crippen molar-refractivity contribution in [3.8, 4) is 0 Å². The molecule has 0 spiro atoms. The van der Waals surface area contributed by atoms with E-state index in [1.807, 2.05) is 44.2 Å². The number of alkyl halides is 1.